The predicted octanol–water partition coefficient (Wildman–Crippen LogP) is 1.47. The quantitative estimate of drug-likeness (QED) is 0.612. The van der Waals surface area contributed by atoms with Gasteiger partial charge in [-0.25, -0.2) is 8.42 Å². The third-order valence-electron chi connectivity index (χ3n) is 5.31. The standard InChI is InChI=1S/C21H21N3O5S/c1-29-15-4-2-14(3-5-15)23-8-10-24(11-9-23)21(26)18-13-22-19-7-6-16(30(27)28)12-17(19)20(18)25/h2-7,12-13,30H,8-11H2,1H3,(H,22,25). The summed E-state index contributed by atoms with van der Waals surface area (Å²) in [7, 11) is -1.19. The van der Waals surface area contributed by atoms with Crippen molar-refractivity contribution in [2.24, 2.45) is 0 Å². The minimum Gasteiger partial charge on any atom is -0.497 e. The normalized spacial score (nSPS) is 14.3. The maximum atomic E-state index is 13.0. The van der Waals surface area contributed by atoms with Gasteiger partial charge >= 0.3 is 0 Å². The molecule has 0 bridgehead atoms. The highest BCUT2D eigenvalue weighted by molar-refractivity contribution is 7.72. The van der Waals surface area contributed by atoms with Crippen LogP contribution < -0.4 is 15.1 Å². The lowest BCUT2D eigenvalue weighted by Gasteiger charge is -2.36. The van der Waals surface area contributed by atoms with Crippen molar-refractivity contribution in [1.29, 1.82) is 0 Å². The summed E-state index contributed by atoms with van der Waals surface area (Å²) in [6.45, 7) is 2.25. The number of hydrogen-bond acceptors (Lipinski definition) is 6. The van der Waals surface area contributed by atoms with Gasteiger partial charge in [-0.3, -0.25) is 9.59 Å². The molecule has 0 aliphatic carbocycles. The zero-order chi connectivity index (χ0) is 21.3. The number of nitrogens with one attached hydrogen (secondary N) is 1. The lowest BCUT2D eigenvalue weighted by Crippen LogP contribution is -2.49. The Labute approximate surface area is 174 Å². The van der Waals surface area contributed by atoms with Crippen molar-refractivity contribution in [1.82, 2.24) is 9.88 Å². The minimum absolute atomic E-state index is 0.0127. The first-order valence-electron chi connectivity index (χ1n) is 9.46. The van der Waals surface area contributed by atoms with Crippen LogP contribution >= 0.6 is 0 Å². The molecule has 2 aromatic carbocycles. The molecule has 1 aliphatic rings. The summed E-state index contributed by atoms with van der Waals surface area (Å²) in [5, 5.41) is 0.189. The Morgan fingerprint density at radius 2 is 1.73 bits per heavy atom. The van der Waals surface area contributed by atoms with E-state index >= 15 is 0 Å². The fraction of sp³-hybridized carbons (Fsp3) is 0.238. The van der Waals surface area contributed by atoms with Gasteiger partial charge in [-0.05, 0) is 42.5 Å². The highest BCUT2D eigenvalue weighted by atomic mass is 32.2. The fourth-order valence-corrected chi connectivity index (χ4v) is 4.04. The molecule has 9 heteroatoms. The van der Waals surface area contributed by atoms with Gasteiger partial charge in [0.25, 0.3) is 5.91 Å². The summed E-state index contributed by atoms with van der Waals surface area (Å²) in [5.41, 5.74) is 1.08. The zero-order valence-corrected chi connectivity index (χ0v) is 17.2. The first-order valence-corrected chi connectivity index (χ1v) is 10.6. The van der Waals surface area contributed by atoms with Crippen LogP contribution in [0.5, 0.6) is 5.75 Å². The zero-order valence-electron chi connectivity index (χ0n) is 16.3. The molecule has 0 saturated carbocycles. The van der Waals surface area contributed by atoms with Crippen molar-refractivity contribution in [2.45, 2.75) is 4.90 Å². The summed E-state index contributed by atoms with van der Waals surface area (Å²) in [6.07, 6.45) is 1.40. The van der Waals surface area contributed by atoms with Gasteiger partial charge in [-0.2, -0.15) is 0 Å². The molecule has 156 valence electrons. The third-order valence-corrected chi connectivity index (χ3v) is 6.01. The Hall–Kier alpha value is -3.33. The lowest BCUT2D eigenvalue weighted by molar-refractivity contribution is 0.0745. The van der Waals surface area contributed by atoms with Crippen molar-refractivity contribution in [3.8, 4) is 5.75 Å². The van der Waals surface area contributed by atoms with E-state index in [9.17, 15) is 18.0 Å². The third kappa shape index (κ3) is 3.76. The number of carbonyl (C=O) groups is 1. The van der Waals surface area contributed by atoms with E-state index in [1.54, 1.807) is 12.0 Å². The average Bonchev–Trinajstić information content (AvgIpc) is 2.79. The number of aromatic amines is 1. The van der Waals surface area contributed by atoms with Crippen LogP contribution in [0.2, 0.25) is 0 Å². The number of methoxy groups -OCH3 is 1. The van der Waals surface area contributed by atoms with E-state index in [0.29, 0.717) is 31.7 Å². The largest absolute Gasteiger partial charge is 0.497 e. The van der Waals surface area contributed by atoms with Gasteiger partial charge in [-0.15, -0.1) is 0 Å². The number of ether oxygens (including phenoxy) is 1. The Kier molecular flexibility index (Phi) is 5.45. The van der Waals surface area contributed by atoms with Crippen LogP contribution in [0.1, 0.15) is 10.4 Å². The van der Waals surface area contributed by atoms with Crippen molar-refractivity contribution < 1.29 is 17.9 Å². The maximum absolute atomic E-state index is 13.0. The summed E-state index contributed by atoms with van der Waals surface area (Å²) in [5.74, 6) is 0.428. The summed E-state index contributed by atoms with van der Waals surface area (Å²) in [4.78, 5) is 32.6. The van der Waals surface area contributed by atoms with Gasteiger partial charge in [-0.1, -0.05) is 0 Å². The van der Waals surface area contributed by atoms with Gasteiger partial charge in [0.2, 0.25) is 5.43 Å². The summed E-state index contributed by atoms with van der Waals surface area (Å²) in [6, 6.07) is 12.0. The molecule has 1 aromatic heterocycles. The van der Waals surface area contributed by atoms with Gasteiger partial charge in [0.15, 0.2) is 10.7 Å². The molecule has 1 saturated heterocycles. The smallest absolute Gasteiger partial charge is 0.259 e. The maximum Gasteiger partial charge on any atom is 0.259 e. The van der Waals surface area contributed by atoms with Gasteiger partial charge in [0, 0.05) is 49.0 Å². The van der Waals surface area contributed by atoms with Crippen molar-refractivity contribution in [3.63, 3.8) is 0 Å². The second kappa shape index (κ2) is 8.19. The van der Waals surface area contributed by atoms with Crippen LogP contribution in [0.25, 0.3) is 10.9 Å². The number of aromatic nitrogens is 1. The number of piperazine rings is 1. The fourth-order valence-electron chi connectivity index (χ4n) is 3.61. The van der Waals surface area contributed by atoms with Gasteiger partial charge in [0.05, 0.1) is 12.0 Å². The molecule has 0 radical (unpaired) electrons. The van der Waals surface area contributed by atoms with E-state index < -0.39 is 16.1 Å². The van der Waals surface area contributed by atoms with Crippen molar-refractivity contribution in [2.75, 3.05) is 38.2 Å². The topological polar surface area (TPSA) is 99.8 Å². The number of amides is 1. The highest BCUT2D eigenvalue weighted by Crippen LogP contribution is 2.21. The Morgan fingerprint density at radius 1 is 1.03 bits per heavy atom. The van der Waals surface area contributed by atoms with E-state index in [0.717, 1.165) is 11.4 Å². The molecule has 1 N–H and O–H groups in total. The van der Waals surface area contributed by atoms with Crippen LogP contribution in [-0.2, 0) is 10.7 Å². The van der Waals surface area contributed by atoms with E-state index in [4.69, 9.17) is 4.74 Å². The highest BCUT2D eigenvalue weighted by Gasteiger charge is 2.24. The molecule has 30 heavy (non-hydrogen) atoms. The number of nitrogens with zero attached hydrogens (tertiary/aromatic N) is 2. The number of anilines is 1. The number of pyridine rings is 1. The second-order valence-electron chi connectivity index (χ2n) is 7.00. The van der Waals surface area contributed by atoms with Crippen LogP contribution in [0, 0.1) is 0 Å². The number of carbonyl (C=O) groups excluding carboxylic acids is 1. The monoisotopic (exact) mass is 427 g/mol. The van der Waals surface area contributed by atoms with Crippen molar-refractivity contribution >= 4 is 33.2 Å². The molecular formula is C21H21N3O5S. The first kappa shape index (κ1) is 20.0. The number of hydrogen-bond donors (Lipinski definition) is 2. The number of rotatable bonds is 4. The molecule has 2 heterocycles. The van der Waals surface area contributed by atoms with E-state index in [1.165, 1.54) is 24.4 Å². The minimum atomic E-state index is -2.81. The van der Waals surface area contributed by atoms with E-state index in [2.05, 4.69) is 9.88 Å². The van der Waals surface area contributed by atoms with Crippen LogP contribution in [0.4, 0.5) is 5.69 Å². The molecule has 1 fully saturated rings. The Morgan fingerprint density at radius 3 is 2.37 bits per heavy atom. The molecular weight excluding hydrogens is 406 g/mol. The molecule has 0 atom stereocenters. The lowest BCUT2D eigenvalue weighted by atomic mass is 10.1. The Balaban J connectivity index is 1.53. The number of thiol groups is 1. The Bertz CT molecular complexity index is 1220. The summed E-state index contributed by atoms with van der Waals surface area (Å²) >= 11 is 0. The second-order valence-corrected chi connectivity index (χ2v) is 8.03. The van der Waals surface area contributed by atoms with Crippen LogP contribution in [0.15, 0.2) is 58.4 Å². The van der Waals surface area contributed by atoms with E-state index in [-0.39, 0.29) is 21.8 Å². The molecule has 3 aromatic rings. The molecule has 4 rings (SSSR count). The molecule has 0 unspecified atom stereocenters. The molecule has 1 aliphatic heterocycles. The SMILES string of the molecule is COc1ccc(N2CCN(C(=O)c3c[nH]c4ccc([SH](=O)=O)cc4c3=O)CC2)cc1. The van der Waals surface area contributed by atoms with Crippen molar-refractivity contribution in [3.05, 3.63) is 64.4 Å². The first-order chi connectivity index (χ1) is 14.5. The molecule has 1 amide bonds. The van der Waals surface area contributed by atoms with Gasteiger partial charge in [0.1, 0.15) is 11.3 Å². The molecule has 0 spiro atoms. The number of benzene rings is 2. The number of fused-ring (bicyclic) bond motifs is 1. The number of H-pyrrole nitrogens is 1. The van der Waals surface area contributed by atoms with E-state index in [1.807, 2.05) is 24.3 Å². The van der Waals surface area contributed by atoms with Crippen LogP contribution in [0.3, 0.4) is 0 Å². The average molecular weight is 427 g/mol. The van der Waals surface area contributed by atoms with Gasteiger partial charge < -0.3 is 19.5 Å². The van der Waals surface area contributed by atoms with Crippen LogP contribution in [-0.4, -0.2) is 57.5 Å². The summed E-state index contributed by atoms with van der Waals surface area (Å²) < 4.78 is 27.7. The molecule has 8 nitrogen and oxygen atoms in total. The predicted molar refractivity (Wildman–Crippen MR) is 114 cm³/mol.